The van der Waals surface area contributed by atoms with Crippen molar-refractivity contribution in [2.45, 2.75) is 51.2 Å². The van der Waals surface area contributed by atoms with Gasteiger partial charge in [0, 0.05) is 16.7 Å². The van der Waals surface area contributed by atoms with E-state index in [0.29, 0.717) is 12.0 Å². The predicted octanol–water partition coefficient (Wildman–Crippen LogP) is 1.72. The number of hydrogen-bond donors (Lipinski definition) is 3. The molecule has 0 bridgehead atoms. The van der Waals surface area contributed by atoms with E-state index in [-0.39, 0.29) is 35.4 Å². The molecule has 0 amide bonds. The molecule has 146 valence electrons. The van der Waals surface area contributed by atoms with Crippen LogP contribution in [0.2, 0.25) is 0 Å². The lowest BCUT2D eigenvalue weighted by Gasteiger charge is -2.59. The molecule has 27 heavy (non-hydrogen) atoms. The number of ketones is 2. The zero-order valence-corrected chi connectivity index (χ0v) is 15.9. The quantitative estimate of drug-likeness (QED) is 0.642. The number of Topliss-reactive ketones (excluding diaryl/α,β-unsaturated/α-hetero) is 1. The van der Waals surface area contributed by atoms with E-state index in [1.165, 1.54) is 0 Å². The lowest BCUT2D eigenvalue weighted by atomic mass is 9.46. The van der Waals surface area contributed by atoms with Crippen LogP contribution in [-0.2, 0) is 9.59 Å². The fourth-order valence-electron chi connectivity index (χ4n) is 6.91. The van der Waals surface area contributed by atoms with E-state index in [1.807, 2.05) is 13.0 Å². The number of aliphatic hydroxyl groups excluding tert-OH is 2. The standard InChI is InChI=1S/C22H28O5/c1-12-8-16-15-5-4-13-9-14(24)6-7-20(13,2)19(15)17(25)10-21(16,3)22(12,27)18(26)11-23/h6-7,9,15-17,19,23,25,27H,1,4-5,8,10-11H2,2-3H3. The summed E-state index contributed by atoms with van der Waals surface area (Å²) in [6, 6.07) is 0. The van der Waals surface area contributed by atoms with Crippen molar-refractivity contribution in [1.29, 1.82) is 0 Å². The lowest BCUT2D eigenvalue weighted by molar-refractivity contribution is -0.173. The molecule has 4 aliphatic rings. The van der Waals surface area contributed by atoms with E-state index >= 15 is 0 Å². The van der Waals surface area contributed by atoms with E-state index < -0.39 is 29.5 Å². The Morgan fingerprint density at radius 3 is 2.74 bits per heavy atom. The summed E-state index contributed by atoms with van der Waals surface area (Å²) in [6.07, 6.45) is 6.87. The van der Waals surface area contributed by atoms with Gasteiger partial charge in [0.2, 0.25) is 0 Å². The molecule has 0 aromatic rings. The van der Waals surface area contributed by atoms with Gasteiger partial charge in [-0.25, -0.2) is 0 Å². The van der Waals surface area contributed by atoms with Crippen LogP contribution < -0.4 is 0 Å². The first-order valence-electron chi connectivity index (χ1n) is 9.76. The van der Waals surface area contributed by atoms with Crippen LogP contribution in [0.1, 0.15) is 39.5 Å². The van der Waals surface area contributed by atoms with Gasteiger partial charge in [-0.2, -0.15) is 0 Å². The number of rotatable bonds is 2. The Kier molecular flexibility index (Phi) is 3.98. The summed E-state index contributed by atoms with van der Waals surface area (Å²) in [5, 5.41) is 32.0. The van der Waals surface area contributed by atoms with Crippen molar-refractivity contribution in [3.63, 3.8) is 0 Å². The molecule has 7 unspecified atom stereocenters. The predicted molar refractivity (Wildman–Crippen MR) is 99.6 cm³/mol. The third-order valence-corrected chi connectivity index (χ3v) is 8.24. The molecule has 0 aliphatic heterocycles. The Balaban J connectivity index is 1.79. The minimum atomic E-state index is -1.80. The number of carbonyl (C=O) groups is 2. The first-order valence-corrected chi connectivity index (χ1v) is 9.76. The van der Waals surface area contributed by atoms with Crippen LogP contribution in [-0.4, -0.2) is 45.2 Å². The molecule has 5 heteroatoms. The average molecular weight is 372 g/mol. The zero-order chi connectivity index (χ0) is 19.8. The third kappa shape index (κ3) is 2.16. The van der Waals surface area contributed by atoms with Crippen LogP contribution in [0, 0.1) is 28.6 Å². The smallest absolute Gasteiger partial charge is 0.194 e. The zero-order valence-electron chi connectivity index (χ0n) is 15.9. The number of hydrogen-bond acceptors (Lipinski definition) is 5. The van der Waals surface area contributed by atoms with Crippen molar-refractivity contribution in [3.05, 3.63) is 36.0 Å². The Bertz CT molecular complexity index is 795. The van der Waals surface area contributed by atoms with Gasteiger partial charge in [0.15, 0.2) is 17.2 Å². The molecule has 0 aromatic heterocycles. The molecule has 0 aromatic carbocycles. The average Bonchev–Trinajstić information content (AvgIpc) is 2.82. The highest BCUT2D eigenvalue weighted by Crippen LogP contribution is 2.67. The second kappa shape index (κ2) is 5.72. The number of aliphatic hydroxyl groups is 3. The fourth-order valence-corrected chi connectivity index (χ4v) is 6.91. The van der Waals surface area contributed by atoms with Gasteiger partial charge in [0.05, 0.1) is 6.10 Å². The van der Waals surface area contributed by atoms with Crippen LogP contribution in [0.5, 0.6) is 0 Å². The molecule has 5 nitrogen and oxygen atoms in total. The summed E-state index contributed by atoms with van der Waals surface area (Å²) in [5.74, 6) is -0.597. The molecule has 0 radical (unpaired) electrons. The van der Waals surface area contributed by atoms with Crippen molar-refractivity contribution in [2.75, 3.05) is 6.61 Å². The normalized spacial score (nSPS) is 48.6. The second-order valence-corrected chi connectivity index (χ2v) is 9.31. The van der Waals surface area contributed by atoms with Crippen molar-refractivity contribution >= 4 is 11.6 Å². The lowest BCUT2D eigenvalue weighted by Crippen LogP contribution is -2.62. The van der Waals surface area contributed by atoms with Gasteiger partial charge < -0.3 is 15.3 Å². The maximum atomic E-state index is 12.5. The van der Waals surface area contributed by atoms with Crippen LogP contribution in [0.3, 0.4) is 0 Å². The van der Waals surface area contributed by atoms with Crippen LogP contribution in [0.15, 0.2) is 36.0 Å². The van der Waals surface area contributed by atoms with E-state index in [2.05, 4.69) is 13.5 Å². The molecule has 0 heterocycles. The minimum absolute atomic E-state index is 0.00306. The summed E-state index contributed by atoms with van der Waals surface area (Å²) in [5.41, 5.74) is -1.52. The molecule has 3 saturated carbocycles. The van der Waals surface area contributed by atoms with Crippen molar-refractivity contribution in [3.8, 4) is 0 Å². The van der Waals surface area contributed by atoms with E-state index in [1.54, 1.807) is 12.2 Å². The first kappa shape index (κ1) is 18.8. The van der Waals surface area contributed by atoms with E-state index in [0.717, 1.165) is 18.4 Å². The van der Waals surface area contributed by atoms with Crippen molar-refractivity contribution < 1.29 is 24.9 Å². The summed E-state index contributed by atoms with van der Waals surface area (Å²) in [7, 11) is 0. The van der Waals surface area contributed by atoms with Crippen molar-refractivity contribution in [2.24, 2.45) is 28.6 Å². The van der Waals surface area contributed by atoms with Gasteiger partial charge in [-0.1, -0.05) is 32.1 Å². The molecule has 4 rings (SSSR count). The summed E-state index contributed by atoms with van der Waals surface area (Å²) in [6.45, 7) is 7.19. The van der Waals surface area contributed by atoms with Crippen LogP contribution >= 0.6 is 0 Å². The van der Waals surface area contributed by atoms with Crippen LogP contribution in [0.4, 0.5) is 0 Å². The molecule has 4 aliphatic carbocycles. The Morgan fingerprint density at radius 1 is 1.37 bits per heavy atom. The molecule has 3 N–H and O–H groups in total. The molecular formula is C22H28O5. The largest absolute Gasteiger partial charge is 0.393 e. The highest BCUT2D eigenvalue weighted by Gasteiger charge is 2.69. The molecular weight excluding hydrogens is 344 g/mol. The van der Waals surface area contributed by atoms with E-state index in [9.17, 15) is 24.9 Å². The minimum Gasteiger partial charge on any atom is -0.393 e. The van der Waals surface area contributed by atoms with Gasteiger partial charge in [-0.3, -0.25) is 9.59 Å². The highest BCUT2D eigenvalue weighted by molar-refractivity contribution is 6.01. The summed E-state index contributed by atoms with van der Waals surface area (Å²) in [4.78, 5) is 24.3. The molecule has 0 saturated heterocycles. The topological polar surface area (TPSA) is 94.8 Å². The number of allylic oxidation sites excluding steroid dienone is 4. The van der Waals surface area contributed by atoms with Crippen LogP contribution in [0.25, 0.3) is 0 Å². The summed E-state index contributed by atoms with van der Waals surface area (Å²) < 4.78 is 0. The number of fused-ring (bicyclic) bond motifs is 5. The fraction of sp³-hybridized carbons (Fsp3) is 0.636. The maximum absolute atomic E-state index is 12.5. The van der Waals surface area contributed by atoms with Gasteiger partial charge >= 0.3 is 0 Å². The van der Waals surface area contributed by atoms with Gasteiger partial charge in [0.1, 0.15) is 6.61 Å². The summed E-state index contributed by atoms with van der Waals surface area (Å²) >= 11 is 0. The van der Waals surface area contributed by atoms with Gasteiger partial charge in [-0.05, 0) is 55.2 Å². The molecule has 3 fully saturated rings. The van der Waals surface area contributed by atoms with E-state index in [4.69, 9.17) is 0 Å². The Morgan fingerprint density at radius 2 is 2.07 bits per heavy atom. The molecule has 7 atom stereocenters. The molecule has 0 spiro atoms. The third-order valence-electron chi connectivity index (χ3n) is 8.24. The number of carbonyl (C=O) groups excluding carboxylic acids is 2. The Labute approximate surface area is 159 Å². The van der Waals surface area contributed by atoms with Gasteiger partial charge in [-0.15, -0.1) is 0 Å². The first-order chi connectivity index (χ1) is 12.6. The maximum Gasteiger partial charge on any atom is 0.194 e. The van der Waals surface area contributed by atoms with Gasteiger partial charge in [0.25, 0.3) is 0 Å². The highest BCUT2D eigenvalue weighted by atomic mass is 16.3. The monoisotopic (exact) mass is 372 g/mol. The Hall–Kier alpha value is -1.56. The second-order valence-electron chi connectivity index (χ2n) is 9.31. The SMILES string of the molecule is C=C1CC2C3CCC4=CC(=O)C=CC4(C)C3C(O)CC2(C)C1(O)C(=O)CO. The van der Waals surface area contributed by atoms with Crippen molar-refractivity contribution in [1.82, 2.24) is 0 Å².